The highest BCUT2D eigenvalue weighted by Gasteiger charge is 2.31. The highest BCUT2D eigenvalue weighted by molar-refractivity contribution is 9.09. The monoisotopic (exact) mass is 654 g/mol. The van der Waals surface area contributed by atoms with Crippen LogP contribution in [0.1, 0.15) is 75.6 Å². The molecule has 0 aromatic heterocycles. The number of ether oxygens (including phenoxy) is 4. The van der Waals surface area contributed by atoms with Crippen LogP contribution in [0.2, 0.25) is 0 Å². The van der Waals surface area contributed by atoms with Crippen LogP contribution in [0.4, 0.5) is 0 Å². The lowest BCUT2D eigenvalue weighted by atomic mass is 9.80. The third-order valence-electron chi connectivity index (χ3n) is 6.50. The van der Waals surface area contributed by atoms with E-state index in [1.807, 2.05) is 12.1 Å². The van der Waals surface area contributed by atoms with E-state index in [9.17, 15) is 4.79 Å². The normalized spacial score (nSPS) is 13.7. The Morgan fingerprint density at radius 3 is 1.32 bits per heavy atom. The molecule has 0 radical (unpaired) electrons. The van der Waals surface area contributed by atoms with Gasteiger partial charge in [0, 0.05) is 24.9 Å². The number of ketones is 1. The summed E-state index contributed by atoms with van der Waals surface area (Å²) < 4.78 is 22.3. The van der Waals surface area contributed by atoms with E-state index in [0.717, 1.165) is 33.8 Å². The number of carbonyl (C=O) groups excluding carboxylic acids is 1. The minimum Gasteiger partial charge on any atom is -0.491 e. The predicted octanol–water partition coefficient (Wildman–Crippen LogP) is 7.56. The molecule has 2 atom stereocenters. The first kappa shape index (κ1) is 32.8. The zero-order valence-electron chi connectivity index (χ0n) is 24.2. The van der Waals surface area contributed by atoms with Crippen molar-refractivity contribution in [2.75, 3.05) is 51.3 Å². The first-order chi connectivity index (χ1) is 17.8. The molecule has 0 saturated heterocycles. The average Bonchev–Trinajstić information content (AvgIpc) is 2.84. The van der Waals surface area contributed by atoms with E-state index >= 15 is 0 Å². The molecule has 0 saturated carbocycles. The Hall–Kier alpha value is -1.41. The largest absolute Gasteiger partial charge is 0.491 e. The number of Topliss-reactive ketones (excluding diaryl/α,β-unsaturated/α-hetero) is 1. The highest BCUT2D eigenvalue weighted by Crippen LogP contribution is 2.37. The van der Waals surface area contributed by atoms with Crippen LogP contribution < -0.4 is 9.47 Å². The van der Waals surface area contributed by atoms with Crippen LogP contribution >= 0.6 is 31.9 Å². The van der Waals surface area contributed by atoms with Gasteiger partial charge in [0.1, 0.15) is 30.5 Å². The zero-order valence-corrected chi connectivity index (χ0v) is 27.3. The number of methoxy groups -OCH3 is 2. The van der Waals surface area contributed by atoms with E-state index in [1.165, 1.54) is 0 Å². The van der Waals surface area contributed by atoms with Crippen LogP contribution in [0.3, 0.4) is 0 Å². The maximum atomic E-state index is 14.2. The summed E-state index contributed by atoms with van der Waals surface area (Å²) in [5.74, 6) is 0.951. The molecule has 0 aliphatic carbocycles. The summed E-state index contributed by atoms with van der Waals surface area (Å²) in [4.78, 5) is 14.2. The molecule has 2 aromatic rings. The second kappa shape index (κ2) is 14.8. The molecular weight excluding hydrogens is 612 g/mol. The van der Waals surface area contributed by atoms with Crippen molar-refractivity contribution >= 4 is 37.6 Å². The number of benzene rings is 2. The average molecular weight is 656 g/mol. The second-order valence-corrected chi connectivity index (χ2v) is 12.9. The lowest BCUT2D eigenvalue weighted by Crippen LogP contribution is -2.24. The number of halogens is 2. The van der Waals surface area contributed by atoms with Crippen LogP contribution in [0.25, 0.3) is 0 Å². The molecule has 0 aliphatic heterocycles. The predicted molar refractivity (Wildman–Crippen MR) is 163 cm³/mol. The number of rotatable bonds is 14. The summed E-state index contributed by atoms with van der Waals surface area (Å²) in [6, 6.07) is 12.4. The van der Waals surface area contributed by atoms with E-state index in [1.54, 1.807) is 14.2 Å². The molecule has 0 heterocycles. The maximum Gasteiger partial charge on any atom is 0.149 e. The van der Waals surface area contributed by atoms with Crippen molar-refractivity contribution < 1.29 is 23.7 Å². The van der Waals surface area contributed by atoms with Gasteiger partial charge in [0.15, 0.2) is 0 Å². The summed E-state index contributed by atoms with van der Waals surface area (Å²) >= 11 is 7.31. The number of hydrogen-bond acceptors (Lipinski definition) is 5. The van der Waals surface area contributed by atoms with Gasteiger partial charge in [-0.2, -0.15) is 0 Å². The van der Waals surface area contributed by atoms with E-state index in [0.29, 0.717) is 37.1 Å². The van der Waals surface area contributed by atoms with Gasteiger partial charge in [-0.15, -0.1) is 0 Å². The van der Waals surface area contributed by atoms with Crippen molar-refractivity contribution in [3.05, 3.63) is 58.7 Å². The topological polar surface area (TPSA) is 54.0 Å². The molecule has 0 N–H and O–H groups in total. The van der Waals surface area contributed by atoms with Crippen molar-refractivity contribution in [2.24, 2.45) is 0 Å². The summed E-state index contributed by atoms with van der Waals surface area (Å²) in [7, 11) is 3.31. The molecule has 2 rings (SSSR count). The number of hydrogen-bond donors (Lipinski definition) is 0. The van der Waals surface area contributed by atoms with Gasteiger partial charge in [-0.3, -0.25) is 4.79 Å². The van der Waals surface area contributed by atoms with Crippen molar-refractivity contribution in [3.8, 4) is 11.5 Å². The Morgan fingerprint density at radius 2 is 1.03 bits per heavy atom. The Balaban J connectivity index is 2.52. The van der Waals surface area contributed by atoms with E-state index < -0.39 is 0 Å². The molecule has 7 heteroatoms. The SMILES string of the molecule is COCCOc1cc(C(CBr)C(=O)C(CBr)c2cc(OCCOC)cc(C(C)(C)C)c2)cc(C(C)(C)C)c1. The quantitative estimate of drug-likeness (QED) is 0.155. The van der Waals surface area contributed by atoms with Crippen LogP contribution in [0.5, 0.6) is 11.5 Å². The minimum absolute atomic E-state index is 0.0976. The third-order valence-corrected chi connectivity index (χ3v) is 7.80. The zero-order chi connectivity index (χ0) is 28.5. The maximum absolute atomic E-state index is 14.2. The Kier molecular flexibility index (Phi) is 12.8. The summed E-state index contributed by atoms with van der Waals surface area (Å²) in [5, 5.41) is 1.02. The van der Waals surface area contributed by atoms with Crippen molar-refractivity contribution in [2.45, 2.75) is 64.2 Å². The standard InChI is InChI=1S/C31H44Br2O5/c1-30(2,3)23-13-21(15-25(17-23)37-11-9-35-7)27(19-32)29(34)28(20-33)22-14-24(31(4,5)6)18-26(16-22)38-12-10-36-8/h13-18,27-28H,9-12,19-20H2,1-8H3. The Morgan fingerprint density at radius 1 is 0.658 bits per heavy atom. The van der Waals surface area contributed by atoms with Crippen LogP contribution in [-0.2, 0) is 25.1 Å². The fourth-order valence-electron chi connectivity index (χ4n) is 4.07. The first-order valence-electron chi connectivity index (χ1n) is 13.1. The Bertz CT molecular complexity index is 958. The van der Waals surface area contributed by atoms with Crippen LogP contribution in [0, 0.1) is 0 Å². The van der Waals surface area contributed by atoms with Gasteiger partial charge >= 0.3 is 0 Å². The van der Waals surface area contributed by atoms with Gasteiger partial charge in [-0.1, -0.05) is 85.5 Å². The first-order valence-corrected chi connectivity index (χ1v) is 15.3. The fourth-order valence-corrected chi connectivity index (χ4v) is 5.45. The summed E-state index contributed by atoms with van der Waals surface area (Å²) in [6.07, 6.45) is 0. The van der Waals surface area contributed by atoms with E-state index in [4.69, 9.17) is 18.9 Å². The lowest BCUT2D eigenvalue weighted by molar-refractivity contribution is -0.121. The van der Waals surface area contributed by atoms with Crippen molar-refractivity contribution in [1.82, 2.24) is 0 Å². The van der Waals surface area contributed by atoms with Gasteiger partial charge in [0.2, 0.25) is 0 Å². The van der Waals surface area contributed by atoms with Crippen molar-refractivity contribution in [1.29, 1.82) is 0 Å². The molecule has 0 aliphatic rings. The second-order valence-electron chi connectivity index (χ2n) is 11.6. The van der Waals surface area contributed by atoms with E-state index in [2.05, 4.69) is 97.7 Å². The third kappa shape index (κ3) is 9.35. The molecule has 2 unspecified atom stereocenters. The van der Waals surface area contributed by atoms with Gasteiger partial charge in [-0.25, -0.2) is 0 Å². The number of alkyl halides is 2. The molecule has 5 nitrogen and oxygen atoms in total. The molecule has 212 valence electrons. The molecule has 2 aromatic carbocycles. The highest BCUT2D eigenvalue weighted by atomic mass is 79.9. The van der Waals surface area contributed by atoms with Crippen LogP contribution in [-0.4, -0.2) is 57.1 Å². The molecule has 38 heavy (non-hydrogen) atoms. The molecule has 0 fully saturated rings. The van der Waals surface area contributed by atoms with Gasteiger partial charge in [0.05, 0.1) is 25.0 Å². The minimum atomic E-state index is -0.347. The van der Waals surface area contributed by atoms with Gasteiger partial charge < -0.3 is 18.9 Å². The van der Waals surface area contributed by atoms with Gasteiger partial charge in [0.25, 0.3) is 0 Å². The molecule has 0 spiro atoms. The molecular formula is C31H44Br2O5. The lowest BCUT2D eigenvalue weighted by Gasteiger charge is -2.26. The smallest absolute Gasteiger partial charge is 0.149 e. The number of carbonyl (C=O) groups is 1. The van der Waals surface area contributed by atoms with Gasteiger partial charge in [-0.05, 0) is 57.3 Å². The summed E-state index contributed by atoms with van der Waals surface area (Å²) in [6.45, 7) is 14.9. The van der Waals surface area contributed by atoms with Crippen molar-refractivity contribution in [3.63, 3.8) is 0 Å². The molecule has 0 bridgehead atoms. The summed E-state index contributed by atoms with van der Waals surface area (Å²) in [5.41, 5.74) is 3.95. The van der Waals surface area contributed by atoms with Crippen LogP contribution in [0.15, 0.2) is 36.4 Å². The fraction of sp³-hybridized carbons (Fsp3) is 0.581. The molecule has 0 amide bonds. The van der Waals surface area contributed by atoms with E-state index in [-0.39, 0.29) is 28.4 Å². The Labute approximate surface area is 246 Å².